The normalized spacial score (nSPS) is 15.6. The van der Waals surface area contributed by atoms with Crippen molar-refractivity contribution in [3.05, 3.63) is 28.0 Å². The Morgan fingerprint density at radius 2 is 2.14 bits per heavy atom. The van der Waals surface area contributed by atoms with Crippen LogP contribution >= 0.6 is 11.3 Å². The molecule has 1 aromatic rings. The molecule has 0 atom stereocenters. The first-order chi connectivity index (χ1) is 10.1. The van der Waals surface area contributed by atoms with Crippen molar-refractivity contribution in [1.82, 2.24) is 5.32 Å². The van der Waals surface area contributed by atoms with Crippen LogP contribution < -0.4 is 5.32 Å². The molecule has 2 rings (SSSR count). The van der Waals surface area contributed by atoms with E-state index in [2.05, 4.69) is 5.32 Å². The number of nitrogens with one attached hydrogen (secondary N) is 1. The zero-order chi connectivity index (χ0) is 15.1. The van der Waals surface area contributed by atoms with Gasteiger partial charge in [-0.05, 0) is 31.1 Å². The van der Waals surface area contributed by atoms with Gasteiger partial charge in [0.15, 0.2) is 0 Å². The number of carboxylic acids is 1. The SMILES string of the molecule is O=C(O)C=Cc1ccc(C(=O)NCCOC2CCCC2)s1. The number of ether oxygens (including phenoxy) is 1. The Bertz CT molecular complexity index is 517. The molecule has 0 unspecified atom stereocenters. The second kappa shape index (κ2) is 7.95. The summed E-state index contributed by atoms with van der Waals surface area (Å²) < 4.78 is 5.67. The first-order valence-corrected chi connectivity index (χ1v) is 7.87. The van der Waals surface area contributed by atoms with Crippen molar-refractivity contribution in [3.63, 3.8) is 0 Å². The van der Waals surface area contributed by atoms with Gasteiger partial charge in [0, 0.05) is 17.5 Å². The van der Waals surface area contributed by atoms with E-state index in [1.807, 2.05) is 0 Å². The van der Waals surface area contributed by atoms with E-state index in [4.69, 9.17) is 9.84 Å². The van der Waals surface area contributed by atoms with Gasteiger partial charge in [0.2, 0.25) is 0 Å². The van der Waals surface area contributed by atoms with Crippen molar-refractivity contribution >= 4 is 29.3 Å². The summed E-state index contributed by atoms with van der Waals surface area (Å²) in [5.74, 6) is -1.15. The zero-order valence-corrected chi connectivity index (χ0v) is 12.5. The highest BCUT2D eigenvalue weighted by molar-refractivity contribution is 7.14. The van der Waals surface area contributed by atoms with E-state index in [0.29, 0.717) is 24.1 Å². The molecule has 1 amide bonds. The lowest BCUT2D eigenvalue weighted by molar-refractivity contribution is -0.131. The number of thiophene rings is 1. The lowest BCUT2D eigenvalue weighted by atomic mass is 10.3. The maximum absolute atomic E-state index is 11.9. The van der Waals surface area contributed by atoms with Crippen molar-refractivity contribution in [2.24, 2.45) is 0 Å². The molecule has 21 heavy (non-hydrogen) atoms. The summed E-state index contributed by atoms with van der Waals surface area (Å²) in [6.07, 6.45) is 7.61. The number of rotatable bonds is 7. The smallest absolute Gasteiger partial charge is 0.328 e. The average Bonchev–Trinajstić information content (AvgIpc) is 3.12. The molecule has 6 heteroatoms. The van der Waals surface area contributed by atoms with Crippen LogP contribution in [0.3, 0.4) is 0 Å². The molecule has 0 aliphatic heterocycles. The van der Waals surface area contributed by atoms with Gasteiger partial charge < -0.3 is 15.2 Å². The van der Waals surface area contributed by atoms with Crippen molar-refractivity contribution in [2.45, 2.75) is 31.8 Å². The molecular weight excluding hydrogens is 290 g/mol. The van der Waals surface area contributed by atoms with E-state index in [1.54, 1.807) is 12.1 Å². The molecule has 0 spiro atoms. The van der Waals surface area contributed by atoms with Gasteiger partial charge in [0.05, 0.1) is 17.6 Å². The number of amides is 1. The number of carboxylic acid groups (broad SMARTS) is 1. The minimum Gasteiger partial charge on any atom is -0.478 e. The molecule has 1 fully saturated rings. The molecule has 0 radical (unpaired) electrons. The Morgan fingerprint density at radius 3 is 2.86 bits per heavy atom. The van der Waals surface area contributed by atoms with Gasteiger partial charge in [-0.1, -0.05) is 12.8 Å². The third-order valence-electron chi connectivity index (χ3n) is 3.28. The number of hydrogen-bond donors (Lipinski definition) is 2. The number of aliphatic carboxylic acids is 1. The van der Waals surface area contributed by atoms with Crippen molar-refractivity contribution in [1.29, 1.82) is 0 Å². The van der Waals surface area contributed by atoms with Gasteiger partial charge in [-0.2, -0.15) is 0 Å². The van der Waals surface area contributed by atoms with Crippen LogP contribution in [0.25, 0.3) is 6.08 Å². The van der Waals surface area contributed by atoms with Crippen LogP contribution in [0.1, 0.15) is 40.2 Å². The van der Waals surface area contributed by atoms with Crippen LogP contribution in [0.5, 0.6) is 0 Å². The summed E-state index contributed by atoms with van der Waals surface area (Å²) in [5.41, 5.74) is 0. The molecule has 5 nitrogen and oxygen atoms in total. The maximum atomic E-state index is 11.9. The third-order valence-corrected chi connectivity index (χ3v) is 4.33. The highest BCUT2D eigenvalue weighted by Gasteiger charge is 2.15. The largest absolute Gasteiger partial charge is 0.478 e. The molecule has 1 aromatic heterocycles. The van der Waals surface area contributed by atoms with Gasteiger partial charge in [0.25, 0.3) is 5.91 Å². The minimum absolute atomic E-state index is 0.148. The van der Waals surface area contributed by atoms with Gasteiger partial charge in [-0.25, -0.2) is 4.79 Å². The van der Waals surface area contributed by atoms with E-state index in [1.165, 1.54) is 30.3 Å². The Labute approximate surface area is 127 Å². The summed E-state index contributed by atoms with van der Waals surface area (Å²) in [7, 11) is 0. The van der Waals surface area contributed by atoms with E-state index < -0.39 is 5.97 Å². The Balaban J connectivity index is 1.71. The van der Waals surface area contributed by atoms with Crippen molar-refractivity contribution in [2.75, 3.05) is 13.2 Å². The van der Waals surface area contributed by atoms with Gasteiger partial charge in [-0.15, -0.1) is 11.3 Å². The average molecular weight is 309 g/mol. The van der Waals surface area contributed by atoms with E-state index in [-0.39, 0.29) is 5.91 Å². The highest BCUT2D eigenvalue weighted by atomic mass is 32.1. The van der Waals surface area contributed by atoms with Crippen LogP contribution in [0, 0.1) is 0 Å². The topological polar surface area (TPSA) is 75.6 Å². The summed E-state index contributed by atoms with van der Waals surface area (Å²) >= 11 is 1.26. The quantitative estimate of drug-likeness (QED) is 0.599. The van der Waals surface area contributed by atoms with Gasteiger partial charge in [0.1, 0.15) is 0 Å². The molecule has 1 aliphatic rings. The van der Waals surface area contributed by atoms with E-state index in [0.717, 1.165) is 23.8 Å². The fourth-order valence-electron chi connectivity index (χ4n) is 2.25. The lowest BCUT2D eigenvalue weighted by Crippen LogP contribution is -2.27. The first-order valence-electron chi connectivity index (χ1n) is 7.06. The van der Waals surface area contributed by atoms with Crippen LogP contribution in [0.4, 0.5) is 0 Å². The fraction of sp³-hybridized carbons (Fsp3) is 0.467. The molecule has 1 aliphatic carbocycles. The summed E-state index contributed by atoms with van der Waals surface area (Å²) in [5, 5.41) is 11.4. The second-order valence-corrected chi connectivity index (χ2v) is 6.02. The first kappa shape index (κ1) is 15.7. The Hall–Kier alpha value is -1.66. The zero-order valence-electron chi connectivity index (χ0n) is 11.7. The monoisotopic (exact) mass is 309 g/mol. The molecule has 1 saturated carbocycles. The molecule has 1 heterocycles. The van der Waals surface area contributed by atoms with Crippen LogP contribution in [0.2, 0.25) is 0 Å². The van der Waals surface area contributed by atoms with Gasteiger partial charge >= 0.3 is 5.97 Å². The molecular formula is C15H19NO4S. The summed E-state index contributed by atoms with van der Waals surface area (Å²) in [4.78, 5) is 23.6. The standard InChI is InChI=1S/C15H19NO4S/c17-14(18)8-6-12-5-7-13(21-12)15(19)16-9-10-20-11-3-1-2-4-11/h5-8,11H,1-4,9-10H2,(H,16,19)(H,17,18). The number of carbonyl (C=O) groups is 2. The van der Waals surface area contributed by atoms with Gasteiger partial charge in [-0.3, -0.25) is 4.79 Å². The summed E-state index contributed by atoms with van der Waals surface area (Å²) in [6, 6.07) is 3.42. The Kier molecular flexibility index (Phi) is 5.95. The lowest BCUT2D eigenvalue weighted by Gasteiger charge is -2.11. The predicted octanol–water partition coefficient (Wildman–Crippen LogP) is 2.53. The summed E-state index contributed by atoms with van der Waals surface area (Å²) in [6.45, 7) is 1.03. The minimum atomic E-state index is -1.00. The molecule has 0 saturated heterocycles. The van der Waals surface area contributed by atoms with E-state index in [9.17, 15) is 9.59 Å². The van der Waals surface area contributed by atoms with Crippen molar-refractivity contribution in [3.8, 4) is 0 Å². The molecule has 0 aromatic carbocycles. The molecule has 114 valence electrons. The third kappa shape index (κ3) is 5.32. The van der Waals surface area contributed by atoms with Crippen LogP contribution in [-0.2, 0) is 9.53 Å². The van der Waals surface area contributed by atoms with E-state index >= 15 is 0 Å². The number of carbonyl (C=O) groups excluding carboxylic acids is 1. The van der Waals surface area contributed by atoms with Crippen LogP contribution in [0.15, 0.2) is 18.2 Å². The highest BCUT2D eigenvalue weighted by Crippen LogP contribution is 2.20. The number of hydrogen-bond acceptors (Lipinski definition) is 4. The fourth-order valence-corrected chi connectivity index (χ4v) is 3.08. The Morgan fingerprint density at radius 1 is 1.38 bits per heavy atom. The molecule has 0 bridgehead atoms. The van der Waals surface area contributed by atoms with Crippen LogP contribution in [-0.4, -0.2) is 36.2 Å². The molecule has 2 N–H and O–H groups in total. The van der Waals surface area contributed by atoms with Crippen molar-refractivity contribution < 1.29 is 19.4 Å². The maximum Gasteiger partial charge on any atom is 0.328 e. The predicted molar refractivity (Wildman–Crippen MR) is 81.5 cm³/mol. The second-order valence-electron chi connectivity index (χ2n) is 4.91.